The minimum absolute atomic E-state index is 0. The first-order valence-electron chi connectivity index (χ1n) is 5.59. The Morgan fingerprint density at radius 1 is 1.19 bits per heavy atom. The van der Waals surface area contributed by atoms with Gasteiger partial charge in [0.25, 0.3) is 0 Å². The number of benzene rings is 1. The smallest absolute Gasteiger partial charge is 0.159 e. The Morgan fingerprint density at radius 3 is 2.25 bits per heavy atom. The molecule has 0 aromatic heterocycles. The molecule has 1 aromatic carbocycles. The second-order valence-corrected chi connectivity index (χ2v) is 4.20. The normalized spacial score (nSPS) is 16.6. The molecule has 0 radical (unpaired) electrons. The van der Waals surface area contributed by atoms with Gasteiger partial charge in [0.05, 0.1) is 0 Å². The van der Waals surface area contributed by atoms with Crippen molar-refractivity contribution in [3.05, 3.63) is 35.4 Å². The van der Waals surface area contributed by atoms with Gasteiger partial charge in [0.1, 0.15) is 0 Å². The first kappa shape index (κ1) is 13.2. The van der Waals surface area contributed by atoms with Gasteiger partial charge in [0, 0.05) is 5.56 Å². The lowest BCUT2D eigenvalue weighted by atomic mass is 9.89. The van der Waals surface area contributed by atoms with Crippen LogP contribution < -0.4 is 5.32 Å². The highest BCUT2D eigenvalue weighted by atomic mass is 35.5. The molecule has 3 heteroatoms. The molecule has 1 aliphatic heterocycles. The van der Waals surface area contributed by atoms with E-state index in [1.165, 1.54) is 18.4 Å². The van der Waals surface area contributed by atoms with E-state index >= 15 is 0 Å². The summed E-state index contributed by atoms with van der Waals surface area (Å²) in [6.07, 6.45) is 2.42. The Balaban J connectivity index is 0.00000128. The number of nitrogens with one attached hydrogen (secondary N) is 1. The number of piperidine rings is 1. The quantitative estimate of drug-likeness (QED) is 0.805. The van der Waals surface area contributed by atoms with E-state index in [4.69, 9.17) is 0 Å². The molecular weight excluding hydrogens is 222 g/mol. The SMILES string of the molecule is CC(=O)c1ccc(C2CCNCC2)cc1.Cl. The molecule has 0 spiro atoms. The van der Waals surface area contributed by atoms with Gasteiger partial charge in [-0.1, -0.05) is 24.3 Å². The molecule has 88 valence electrons. The lowest BCUT2D eigenvalue weighted by Crippen LogP contribution is -2.26. The van der Waals surface area contributed by atoms with E-state index in [0.29, 0.717) is 5.92 Å². The molecule has 0 atom stereocenters. The maximum absolute atomic E-state index is 11.1. The van der Waals surface area contributed by atoms with E-state index in [0.717, 1.165) is 18.7 Å². The number of hydrogen-bond donors (Lipinski definition) is 1. The van der Waals surface area contributed by atoms with Gasteiger partial charge in [-0.3, -0.25) is 4.79 Å². The number of rotatable bonds is 2. The lowest BCUT2D eigenvalue weighted by Gasteiger charge is -2.22. The van der Waals surface area contributed by atoms with Crippen LogP contribution in [0.3, 0.4) is 0 Å². The summed E-state index contributed by atoms with van der Waals surface area (Å²) in [5.74, 6) is 0.819. The maximum Gasteiger partial charge on any atom is 0.159 e. The van der Waals surface area contributed by atoms with E-state index in [1.807, 2.05) is 12.1 Å². The van der Waals surface area contributed by atoms with Crippen molar-refractivity contribution in [3.8, 4) is 0 Å². The zero-order valence-corrected chi connectivity index (χ0v) is 10.3. The standard InChI is InChI=1S/C13H17NO.ClH/c1-10(15)11-2-4-12(5-3-11)13-6-8-14-9-7-13;/h2-5,13-14H,6-9H2,1H3;1H. The zero-order valence-electron chi connectivity index (χ0n) is 9.53. The van der Waals surface area contributed by atoms with Crippen LogP contribution >= 0.6 is 12.4 Å². The predicted molar refractivity (Wildman–Crippen MR) is 68.5 cm³/mol. The molecule has 16 heavy (non-hydrogen) atoms. The van der Waals surface area contributed by atoms with Crippen molar-refractivity contribution in [1.82, 2.24) is 5.32 Å². The average molecular weight is 240 g/mol. The summed E-state index contributed by atoms with van der Waals surface area (Å²) in [4.78, 5) is 11.1. The summed E-state index contributed by atoms with van der Waals surface area (Å²) in [6, 6.07) is 8.10. The van der Waals surface area contributed by atoms with Crippen LogP contribution in [0.1, 0.15) is 41.6 Å². The summed E-state index contributed by atoms with van der Waals surface area (Å²) >= 11 is 0. The van der Waals surface area contributed by atoms with Crippen molar-refractivity contribution in [3.63, 3.8) is 0 Å². The molecule has 0 saturated carbocycles. The van der Waals surface area contributed by atoms with Gasteiger partial charge in [-0.25, -0.2) is 0 Å². The lowest BCUT2D eigenvalue weighted by molar-refractivity contribution is 0.101. The Kier molecular flexibility index (Phi) is 4.97. The van der Waals surface area contributed by atoms with Crippen molar-refractivity contribution >= 4 is 18.2 Å². The molecule has 1 heterocycles. The number of carbonyl (C=O) groups excluding carboxylic acids is 1. The number of ketones is 1. The first-order valence-corrected chi connectivity index (χ1v) is 5.59. The van der Waals surface area contributed by atoms with Crippen LogP contribution in [0.25, 0.3) is 0 Å². The molecule has 1 saturated heterocycles. The zero-order chi connectivity index (χ0) is 10.7. The van der Waals surface area contributed by atoms with Crippen LogP contribution in [-0.4, -0.2) is 18.9 Å². The highest BCUT2D eigenvalue weighted by molar-refractivity contribution is 5.94. The van der Waals surface area contributed by atoms with Crippen LogP contribution in [0.2, 0.25) is 0 Å². The molecule has 1 aliphatic rings. The van der Waals surface area contributed by atoms with Gasteiger partial charge in [-0.15, -0.1) is 12.4 Å². The molecule has 0 bridgehead atoms. The Labute approximate surface area is 103 Å². The highest BCUT2D eigenvalue weighted by Gasteiger charge is 2.14. The fourth-order valence-corrected chi connectivity index (χ4v) is 2.15. The molecule has 1 fully saturated rings. The Bertz CT molecular complexity index is 341. The van der Waals surface area contributed by atoms with Crippen molar-refractivity contribution in [2.75, 3.05) is 13.1 Å². The molecule has 0 amide bonds. The molecular formula is C13H18ClNO. The third-order valence-electron chi connectivity index (χ3n) is 3.13. The largest absolute Gasteiger partial charge is 0.317 e. The van der Waals surface area contributed by atoms with E-state index in [-0.39, 0.29) is 18.2 Å². The van der Waals surface area contributed by atoms with Gasteiger partial charge >= 0.3 is 0 Å². The minimum atomic E-state index is 0. The third-order valence-corrected chi connectivity index (χ3v) is 3.13. The van der Waals surface area contributed by atoms with Crippen LogP contribution in [-0.2, 0) is 0 Å². The topological polar surface area (TPSA) is 29.1 Å². The van der Waals surface area contributed by atoms with Gasteiger partial charge < -0.3 is 5.32 Å². The number of carbonyl (C=O) groups is 1. The van der Waals surface area contributed by atoms with Crippen molar-refractivity contribution < 1.29 is 4.79 Å². The minimum Gasteiger partial charge on any atom is -0.317 e. The summed E-state index contributed by atoms with van der Waals surface area (Å²) in [5, 5.41) is 3.36. The van der Waals surface area contributed by atoms with Gasteiger partial charge in [-0.2, -0.15) is 0 Å². The monoisotopic (exact) mass is 239 g/mol. The van der Waals surface area contributed by atoms with Crippen LogP contribution in [0.5, 0.6) is 0 Å². The van der Waals surface area contributed by atoms with Crippen molar-refractivity contribution in [2.45, 2.75) is 25.7 Å². The number of Topliss-reactive ketones (excluding diaryl/α,β-unsaturated/α-hetero) is 1. The van der Waals surface area contributed by atoms with E-state index in [1.54, 1.807) is 6.92 Å². The van der Waals surface area contributed by atoms with Crippen LogP contribution in [0.15, 0.2) is 24.3 Å². The summed E-state index contributed by atoms with van der Waals surface area (Å²) in [6.45, 7) is 3.83. The first-order chi connectivity index (χ1) is 7.27. The Morgan fingerprint density at radius 2 is 1.75 bits per heavy atom. The second kappa shape index (κ2) is 6.02. The molecule has 2 nitrogen and oxygen atoms in total. The third kappa shape index (κ3) is 3.06. The molecule has 0 aliphatic carbocycles. The summed E-state index contributed by atoms with van der Waals surface area (Å²) < 4.78 is 0. The van der Waals surface area contributed by atoms with Gasteiger partial charge in [-0.05, 0) is 44.3 Å². The van der Waals surface area contributed by atoms with Crippen molar-refractivity contribution in [2.24, 2.45) is 0 Å². The van der Waals surface area contributed by atoms with E-state index < -0.39 is 0 Å². The maximum atomic E-state index is 11.1. The summed E-state index contributed by atoms with van der Waals surface area (Å²) in [5.41, 5.74) is 2.19. The van der Waals surface area contributed by atoms with Crippen LogP contribution in [0, 0.1) is 0 Å². The number of hydrogen-bond acceptors (Lipinski definition) is 2. The average Bonchev–Trinajstić information content (AvgIpc) is 2.30. The fraction of sp³-hybridized carbons (Fsp3) is 0.462. The molecule has 1 aromatic rings. The van der Waals surface area contributed by atoms with Gasteiger partial charge in [0.15, 0.2) is 5.78 Å². The molecule has 0 unspecified atom stereocenters. The van der Waals surface area contributed by atoms with Crippen LogP contribution in [0.4, 0.5) is 0 Å². The molecule has 2 rings (SSSR count). The summed E-state index contributed by atoms with van der Waals surface area (Å²) in [7, 11) is 0. The molecule has 1 N–H and O–H groups in total. The van der Waals surface area contributed by atoms with Crippen molar-refractivity contribution in [1.29, 1.82) is 0 Å². The van der Waals surface area contributed by atoms with E-state index in [9.17, 15) is 4.79 Å². The second-order valence-electron chi connectivity index (χ2n) is 4.20. The van der Waals surface area contributed by atoms with E-state index in [2.05, 4.69) is 17.4 Å². The number of halogens is 1. The fourth-order valence-electron chi connectivity index (χ4n) is 2.15. The predicted octanol–water partition coefficient (Wildman–Crippen LogP) is 2.78. The Hall–Kier alpha value is -0.860. The highest BCUT2D eigenvalue weighted by Crippen LogP contribution is 2.25. The van der Waals surface area contributed by atoms with Gasteiger partial charge in [0.2, 0.25) is 0 Å².